The first kappa shape index (κ1) is 22.0. The molecule has 2 heterocycles. The SMILES string of the molecule is COC(=O)Oc1sc2ccccc2c1S(=O)(=O)NC(=O)Nc1nc(OC)cc(OC)n1. The van der Waals surface area contributed by atoms with Crippen LogP contribution >= 0.6 is 11.3 Å². The average Bonchev–Trinajstić information content (AvgIpc) is 3.11. The third-order valence-corrected chi connectivity index (χ3v) is 6.26. The van der Waals surface area contributed by atoms with E-state index in [1.54, 1.807) is 18.2 Å². The van der Waals surface area contributed by atoms with E-state index in [1.165, 1.54) is 26.4 Å². The van der Waals surface area contributed by atoms with Crippen molar-refractivity contribution >= 4 is 49.6 Å². The molecule has 12 nitrogen and oxygen atoms in total. The molecular weight excluding hydrogens is 452 g/mol. The second kappa shape index (κ2) is 9.01. The number of rotatable bonds is 6. The van der Waals surface area contributed by atoms with Gasteiger partial charge in [0.15, 0.2) is 0 Å². The first-order chi connectivity index (χ1) is 14.8. The Labute approximate surface area is 180 Å². The van der Waals surface area contributed by atoms with Crippen molar-refractivity contribution in [1.82, 2.24) is 14.7 Å². The lowest BCUT2D eigenvalue weighted by molar-refractivity contribution is 0.122. The van der Waals surface area contributed by atoms with Crippen LogP contribution in [0.2, 0.25) is 0 Å². The molecule has 164 valence electrons. The third kappa shape index (κ3) is 4.92. The van der Waals surface area contributed by atoms with Crippen LogP contribution in [0.15, 0.2) is 35.2 Å². The lowest BCUT2D eigenvalue weighted by Gasteiger charge is -2.10. The van der Waals surface area contributed by atoms with Gasteiger partial charge in [-0.1, -0.05) is 29.5 Å². The molecule has 0 spiro atoms. The van der Waals surface area contributed by atoms with Crippen molar-refractivity contribution in [3.05, 3.63) is 30.3 Å². The van der Waals surface area contributed by atoms with Crippen LogP contribution in [0, 0.1) is 0 Å². The van der Waals surface area contributed by atoms with Gasteiger partial charge in [-0.15, -0.1) is 0 Å². The number of nitrogens with zero attached hydrogens (tertiary/aromatic N) is 2. The molecule has 0 unspecified atom stereocenters. The molecule has 0 saturated heterocycles. The predicted molar refractivity (Wildman–Crippen MR) is 109 cm³/mol. The predicted octanol–water partition coefficient (Wildman–Crippen LogP) is 2.36. The van der Waals surface area contributed by atoms with E-state index >= 15 is 0 Å². The summed E-state index contributed by atoms with van der Waals surface area (Å²) in [6.45, 7) is 0. The van der Waals surface area contributed by atoms with Crippen LogP contribution in [0.25, 0.3) is 10.1 Å². The molecule has 2 N–H and O–H groups in total. The fraction of sp³-hybridized carbons (Fsp3) is 0.176. The molecule has 0 saturated carbocycles. The number of urea groups is 1. The summed E-state index contributed by atoms with van der Waals surface area (Å²) in [7, 11) is -0.704. The molecule has 14 heteroatoms. The Kier molecular flexibility index (Phi) is 6.41. The number of nitrogens with one attached hydrogen (secondary N) is 2. The zero-order valence-corrected chi connectivity index (χ0v) is 18.0. The van der Waals surface area contributed by atoms with E-state index in [2.05, 4.69) is 20.0 Å². The van der Waals surface area contributed by atoms with Gasteiger partial charge in [0, 0.05) is 10.1 Å². The van der Waals surface area contributed by atoms with Gasteiger partial charge in [0.2, 0.25) is 22.8 Å². The number of thiophene rings is 1. The number of hydrogen-bond donors (Lipinski definition) is 2. The number of ether oxygens (including phenoxy) is 4. The van der Waals surface area contributed by atoms with Gasteiger partial charge in [-0.25, -0.2) is 22.7 Å². The summed E-state index contributed by atoms with van der Waals surface area (Å²) in [6, 6.07) is 6.65. The molecule has 3 aromatic rings. The molecule has 2 amide bonds. The van der Waals surface area contributed by atoms with Crippen molar-refractivity contribution in [3.8, 4) is 16.8 Å². The minimum atomic E-state index is -4.48. The smallest absolute Gasteiger partial charge is 0.481 e. The average molecular weight is 468 g/mol. The van der Waals surface area contributed by atoms with Crippen molar-refractivity contribution in [2.75, 3.05) is 26.6 Å². The second-order valence-electron chi connectivity index (χ2n) is 5.61. The van der Waals surface area contributed by atoms with Crippen LogP contribution in [-0.4, -0.2) is 51.9 Å². The molecule has 0 fully saturated rings. The number of benzene rings is 1. The summed E-state index contributed by atoms with van der Waals surface area (Å²) < 4.78 is 47.6. The van der Waals surface area contributed by atoms with Crippen LogP contribution in [0.4, 0.5) is 15.5 Å². The second-order valence-corrected chi connectivity index (χ2v) is 8.24. The van der Waals surface area contributed by atoms with Crippen molar-refractivity contribution < 1.29 is 37.0 Å². The van der Waals surface area contributed by atoms with Crippen molar-refractivity contribution in [1.29, 1.82) is 0 Å². The molecule has 0 bridgehead atoms. The van der Waals surface area contributed by atoms with Crippen LogP contribution < -0.4 is 24.2 Å². The monoisotopic (exact) mass is 468 g/mol. The van der Waals surface area contributed by atoms with Gasteiger partial charge < -0.3 is 18.9 Å². The van der Waals surface area contributed by atoms with E-state index < -0.39 is 27.1 Å². The van der Waals surface area contributed by atoms with Gasteiger partial charge in [0.05, 0.1) is 27.4 Å². The number of hydrogen-bond acceptors (Lipinski definition) is 11. The zero-order valence-electron chi connectivity index (χ0n) is 16.4. The maximum atomic E-state index is 13.0. The van der Waals surface area contributed by atoms with E-state index in [9.17, 15) is 18.0 Å². The summed E-state index contributed by atoms with van der Waals surface area (Å²) in [5.41, 5.74) is 0. The van der Waals surface area contributed by atoms with Crippen molar-refractivity contribution in [2.45, 2.75) is 4.90 Å². The molecule has 0 aliphatic heterocycles. The number of methoxy groups -OCH3 is 3. The minimum Gasteiger partial charge on any atom is -0.481 e. The number of fused-ring (bicyclic) bond motifs is 1. The Morgan fingerprint density at radius 2 is 1.68 bits per heavy atom. The van der Waals surface area contributed by atoms with E-state index in [1.807, 2.05) is 4.72 Å². The molecule has 1 aromatic carbocycles. The number of carbonyl (C=O) groups is 2. The van der Waals surface area contributed by atoms with Crippen LogP contribution in [0.5, 0.6) is 16.8 Å². The van der Waals surface area contributed by atoms with Gasteiger partial charge in [-0.05, 0) is 6.07 Å². The van der Waals surface area contributed by atoms with Crippen molar-refractivity contribution in [2.24, 2.45) is 0 Å². The quantitative estimate of drug-likeness (QED) is 0.515. The maximum absolute atomic E-state index is 13.0. The Morgan fingerprint density at radius 1 is 1.03 bits per heavy atom. The topological polar surface area (TPSA) is 155 Å². The van der Waals surface area contributed by atoms with Gasteiger partial charge >= 0.3 is 12.2 Å². The van der Waals surface area contributed by atoms with Crippen LogP contribution in [0.1, 0.15) is 0 Å². The highest BCUT2D eigenvalue weighted by atomic mass is 32.2. The van der Waals surface area contributed by atoms with Gasteiger partial charge in [0.25, 0.3) is 10.0 Å². The van der Waals surface area contributed by atoms with E-state index in [4.69, 9.17) is 14.2 Å². The standard InChI is InChI=1S/C17H16N4O8S2/c1-26-11-8-12(27-2)19-15(18-11)20-16(22)21-31(24,25)13-9-6-4-5-7-10(9)30-14(13)29-17(23)28-3/h4-8H,1-3H3,(H2,18,19,20,21,22). The van der Waals surface area contributed by atoms with E-state index in [0.29, 0.717) is 4.70 Å². The lowest BCUT2D eigenvalue weighted by Crippen LogP contribution is -2.35. The molecule has 0 atom stereocenters. The molecule has 31 heavy (non-hydrogen) atoms. The highest BCUT2D eigenvalue weighted by molar-refractivity contribution is 7.90. The van der Waals surface area contributed by atoms with Crippen LogP contribution in [0.3, 0.4) is 0 Å². The van der Waals surface area contributed by atoms with Gasteiger partial charge in [-0.2, -0.15) is 9.97 Å². The maximum Gasteiger partial charge on any atom is 0.514 e. The fourth-order valence-corrected chi connectivity index (χ4v) is 4.99. The van der Waals surface area contributed by atoms with Gasteiger partial charge in [0.1, 0.15) is 4.90 Å². The summed E-state index contributed by atoms with van der Waals surface area (Å²) >= 11 is 0.904. The van der Waals surface area contributed by atoms with Crippen molar-refractivity contribution in [3.63, 3.8) is 0 Å². The molecule has 0 aliphatic rings. The molecule has 0 aliphatic carbocycles. The first-order valence-electron chi connectivity index (χ1n) is 8.35. The highest BCUT2D eigenvalue weighted by Crippen LogP contribution is 2.40. The highest BCUT2D eigenvalue weighted by Gasteiger charge is 2.29. The summed E-state index contributed by atoms with van der Waals surface area (Å²) in [6.07, 6.45) is -1.11. The summed E-state index contributed by atoms with van der Waals surface area (Å²) in [4.78, 5) is 31.3. The minimum absolute atomic E-state index is 0.0857. The number of carbonyl (C=O) groups excluding carboxylic acids is 2. The zero-order chi connectivity index (χ0) is 22.6. The van der Waals surface area contributed by atoms with Crippen LogP contribution in [-0.2, 0) is 14.8 Å². The molecule has 3 rings (SSSR count). The molecule has 2 aromatic heterocycles. The lowest BCUT2D eigenvalue weighted by atomic mass is 10.3. The summed E-state index contributed by atoms with van der Waals surface area (Å²) in [5, 5.41) is 2.19. The largest absolute Gasteiger partial charge is 0.514 e. The Bertz CT molecular complexity index is 1220. The number of amides is 2. The fourth-order valence-electron chi connectivity index (χ4n) is 2.41. The Hall–Kier alpha value is -3.65. The normalized spacial score (nSPS) is 10.9. The van der Waals surface area contributed by atoms with E-state index in [-0.39, 0.29) is 28.2 Å². The Balaban J connectivity index is 1.92. The van der Waals surface area contributed by atoms with Gasteiger partial charge in [-0.3, -0.25) is 5.32 Å². The summed E-state index contributed by atoms with van der Waals surface area (Å²) in [5.74, 6) is -0.0877. The first-order valence-corrected chi connectivity index (χ1v) is 10.7. The molecular formula is C17H16N4O8S2. The number of sulfonamides is 1. The molecule has 0 radical (unpaired) electrons. The number of aromatic nitrogens is 2. The van der Waals surface area contributed by atoms with E-state index in [0.717, 1.165) is 18.4 Å². The number of anilines is 1. The third-order valence-electron chi connectivity index (χ3n) is 3.68. The Morgan fingerprint density at radius 3 is 2.29 bits per heavy atom.